The van der Waals surface area contributed by atoms with Gasteiger partial charge >= 0.3 is 0 Å². The van der Waals surface area contributed by atoms with Crippen molar-refractivity contribution in [3.63, 3.8) is 0 Å². The molecular weight excluding hydrogens is 476 g/mol. The number of rotatable bonds is 15. The number of aldehydes is 1. The van der Waals surface area contributed by atoms with Gasteiger partial charge < -0.3 is 16.3 Å². The van der Waals surface area contributed by atoms with E-state index in [1.165, 1.54) is 77.0 Å². The van der Waals surface area contributed by atoms with Crippen LogP contribution in [0, 0.1) is 0 Å². The molecule has 0 bridgehead atoms. The van der Waals surface area contributed by atoms with E-state index in [9.17, 15) is 4.79 Å². The second-order valence-corrected chi connectivity index (χ2v) is 7.10. The molecule has 0 aromatic heterocycles. The summed E-state index contributed by atoms with van der Waals surface area (Å²) in [6.07, 6.45) is 23.6. The molecule has 166 valence electrons. The SMILES string of the molecule is CCCCCCCCC=CCCCCCCCC=O.NC(=O)S.NC(=O)S.[Mo]. The van der Waals surface area contributed by atoms with Crippen LogP contribution in [0.1, 0.15) is 96.8 Å². The van der Waals surface area contributed by atoms with Crippen LogP contribution in [-0.2, 0) is 25.9 Å². The smallest absolute Gasteiger partial charge is 0.273 e. The average Bonchev–Trinajstić information content (AvgIpc) is 2.57. The van der Waals surface area contributed by atoms with Crippen molar-refractivity contribution in [1.82, 2.24) is 0 Å². The fourth-order valence-corrected chi connectivity index (χ4v) is 2.30. The number of carbonyl (C=O) groups excluding carboxylic acids is 3. The second-order valence-electron chi connectivity index (χ2n) is 6.22. The Hall–Kier alpha value is -0.262. The summed E-state index contributed by atoms with van der Waals surface area (Å²) >= 11 is 6.21. The van der Waals surface area contributed by atoms with Crippen LogP contribution in [-0.4, -0.2) is 16.8 Å². The van der Waals surface area contributed by atoms with Gasteiger partial charge in [0.25, 0.3) is 10.5 Å². The van der Waals surface area contributed by atoms with Crippen LogP contribution in [0.2, 0.25) is 0 Å². The first-order valence-corrected chi connectivity index (χ1v) is 10.8. The van der Waals surface area contributed by atoms with Crippen molar-refractivity contribution in [1.29, 1.82) is 0 Å². The van der Waals surface area contributed by atoms with Gasteiger partial charge in [0.15, 0.2) is 0 Å². The molecule has 0 atom stereocenters. The van der Waals surface area contributed by atoms with Crippen LogP contribution >= 0.6 is 25.3 Å². The molecule has 0 saturated heterocycles. The molecule has 0 aliphatic carbocycles. The van der Waals surface area contributed by atoms with E-state index in [0.717, 1.165) is 19.1 Å². The summed E-state index contributed by atoms with van der Waals surface area (Å²) < 4.78 is 0. The largest absolute Gasteiger partial charge is 0.361 e. The summed E-state index contributed by atoms with van der Waals surface area (Å²) in [6, 6.07) is 0. The summed E-state index contributed by atoms with van der Waals surface area (Å²) in [6.45, 7) is 2.27. The van der Waals surface area contributed by atoms with E-state index < -0.39 is 10.5 Å². The average molecular weight is 517 g/mol. The molecule has 8 heteroatoms. The number of amides is 2. The van der Waals surface area contributed by atoms with Crippen molar-refractivity contribution >= 4 is 42.0 Å². The van der Waals surface area contributed by atoms with Crippen LogP contribution < -0.4 is 11.5 Å². The predicted octanol–water partition coefficient (Wildman–Crippen LogP) is 6.21. The Kier molecular flexibility index (Phi) is 43.1. The minimum absolute atomic E-state index is 0. The van der Waals surface area contributed by atoms with Gasteiger partial charge in [-0.05, 0) is 32.1 Å². The third-order valence-electron chi connectivity index (χ3n) is 3.58. The van der Waals surface area contributed by atoms with Crippen LogP contribution in [0.5, 0.6) is 0 Å². The maximum atomic E-state index is 10.1. The van der Waals surface area contributed by atoms with Gasteiger partial charge in [-0.1, -0.05) is 95.7 Å². The van der Waals surface area contributed by atoms with Gasteiger partial charge in [0.2, 0.25) is 0 Å². The van der Waals surface area contributed by atoms with E-state index in [2.05, 4.69) is 55.8 Å². The van der Waals surface area contributed by atoms with Crippen molar-refractivity contribution in [3.05, 3.63) is 12.2 Å². The third-order valence-corrected chi connectivity index (χ3v) is 3.58. The first kappa shape index (κ1) is 35.2. The molecule has 0 spiro atoms. The Labute approximate surface area is 197 Å². The van der Waals surface area contributed by atoms with Crippen molar-refractivity contribution in [2.45, 2.75) is 96.8 Å². The fourth-order valence-electron chi connectivity index (χ4n) is 2.30. The maximum absolute atomic E-state index is 10.1. The third kappa shape index (κ3) is 63.6. The summed E-state index contributed by atoms with van der Waals surface area (Å²) in [4.78, 5) is 28.3. The Balaban J connectivity index is -0.000000270. The molecule has 0 heterocycles. The van der Waals surface area contributed by atoms with Crippen molar-refractivity contribution in [3.8, 4) is 0 Å². The monoisotopic (exact) mass is 518 g/mol. The minimum atomic E-state index is -0.639. The summed E-state index contributed by atoms with van der Waals surface area (Å²) in [5, 5.41) is -1.28. The van der Waals surface area contributed by atoms with E-state index in [1.54, 1.807) is 0 Å². The molecule has 0 radical (unpaired) electrons. The van der Waals surface area contributed by atoms with E-state index >= 15 is 0 Å². The number of nitrogens with two attached hydrogens (primary N) is 2. The maximum Gasteiger partial charge on any atom is 0.273 e. The van der Waals surface area contributed by atoms with Gasteiger partial charge in [-0.2, -0.15) is 0 Å². The second kappa shape index (κ2) is 34.3. The Morgan fingerprint density at radius 1 is 0.679 bits per heavy atom. The minimum Gasteiger partial charge on any atom is -0.361 e. The quantitative estimate of drug-likeness (QED) is 0.0684. The standard InChI is InChI=1S/C18H34O.2CH3NOS.Mo/c1-2-3-4-5-6-7-8-9-10-11-12-13-14-15-16-17-18-19;2*2-1(3)4;/h9-10,18H,2-8,11-17H2,1H3;2*(H3,2,3,4);. The summed E-state index contributed by atoms with van der Waals surface area (Å²) in [5.74, 6) is 0. The van der Waals surface area contributed by atoms with E-state index in [-0.39, 0.29) is 21.1 Å². The molecule has 0 fully saturated rings. The first-order valence-electron chi connectivity index (χ1n) is 9.93. The Bertz CT molecular complexity index is 351. The first-order chi connectivity index (χ1) is 12.9. The van der Waals surface area contributed by atoms with Gasteiger partial charge in [-0.15, -0.1) is 0 Å². The van der Waals surface area contributed by atoms with Crippen molar-refractivity contribution < 1.29 is 35.4 Å². The van der Waals surface area contributed by atoms with Gasteiger partial charge in [0.05, 0.1) is 0 Å². The number of hydrogen-bond acceptors (Lipinski definition) is 3. The Morgan fingerprint density at radius 3 is 1.29 bits per heavy atom. The Morgan fingerprint density at radius 2 is 0.964 bits per heavy atom. The van der Waals surface area contributed by atoms with Crippen molar-refractivity contribution in [2.24, 2.45) is 11.5 Å². The van der Waals surface area contributed by atoms with E-state index in [1.807, 2.05) is 0 Å². The molecule has 0 aliphatic heterocycles. The summed E-state index contributed by atoms with van der Waals surface area (Å²) in [5.41, 5.74) is 8.67. The number of unbranched alkanes of at least 4 members (excludes halogenated alkanes) is 12. The van der Waals surface area contributed by atoms with E-state index in [0.29, 0.717) is 0 Å². The van der Waals surface area contributed by atoms with E-state index in [4.69, 9.17) is 9.59 Å². The van der Waals surface area contributed by atoms with Crippen LogP contribution in [0.3, 0.4) is 0 Å². The zero-order valence-electron chi connectivity index (χ0n) is 17.3. The number of thiol groups is 2. The molecule has 0 rings (SSSR count). The van der Waals surface area contributed by atoms with Gasteiger partial charge in [-0.25, -0.2) is 0 Å². The van der Waals surface area contributed by atoms with Gasteiger partial charge in [0, 0.05) is 27.5 Å². The van der Waals surface area contributed by atoms with Gasteiger partial charge in [0.1, 0.15) is 6.29 Å². The topological polar surface area (TPSA) is 103 Å². The molecule has 0 aliphatic rings. The van der Waals surface area contributed by atoms with Crippen LogP contribution in [0.4, 0.5) is 9.59 Å². The molecule has 2 amide bonds. The zero-order valence-corrected chi connectivity index (χ0v) is 21.1. The summed E-state index contributed by atoms with van der Waals surface area (Å²) in [7, 11) is 0. The van der Waals surface area contributed by atoms with Gasteiger partial charge in [-0.3, -0.25) is 9.59 Å². The van der Waals surface area contributed by atoms with Crippen LogP contribution in [0.25, 0.3) is 0 Å². The number of allylic oxidation sites excluding steroid dienone is 2. The van der Waals surface area contributed by atoms with Crippen LogP contribution in [0.15, 0.2) is 12.2 Å². The molecule has 0 aromatic rings. The molecule has 0 saturated carbocycles. The fraction of sp³-hybridized carbons (Fsp3) is 0.750. The normalized spacial score (nSPS) is 9.39. The molecule has 5 nitrogen and oxygen atoms in total. The predicted molar refractivity (Wildman–Crippen MR) is 123 cm³/mol. The number of primary amides is 2. The molecule has 0 unspecified atom stereocenters. The molecular formula is C20H40MoN2O3S2. The number of carbonyl (C=O) groups is 3. The molecule has 0 aromatic carbocycles. The number of hydrogen-bond donors (Lipinski definition) is 4. The van der Waals surface area contributed by atoms with Crippen molar-refractivity contribution in [2.75, 3.05) is 0 Å². The molecule has 4 N–H and O–H groups in total. The zero-order chi connectivity index (χ0) is 21.2. The molecule has 28 heavy (non-hydrogen) atoms.